The molecule has 2 heterocycles. The first-order valence-electron chi connectivity index (χ1n) is 11.0. The topological polar surface area (TPSA) is 69.6 Å². The van der Waals surface area contributed by atoms with Gasteiger partial charge < -0.3 is 29.5 Å². The fourth-order valence-corrected chi connectivity index (χ4v) is 3.98. The van der Waals surface area contributed by atoms with E-state index in [0.29, 0.717) is 25.6 Å². The number of anilines is 1. The summed E-state index contributed by atoms with van der Waals surface area (Å²) in [6, 6.07) is 8.25. The molecule has 9 heteroatoms. The van der Waals surface area contributed by atoms with Crippen molar-refractivity contribution in [2.24, 2.45) is 10.9 Å². The van der Waals surface area contributed by atoms with Gasteiger partial charge in [-0.2, -0.15) is 0 Å². The van der Waals surface area contributed by atoms with Gasteiger partial charge in [-0.15, -0.1) is 24.0 Å². The molecule has 2 saturated heterocycles. The molecule has 0 bridgehead atoms. The van der Waals surface area contributed by atoms with Crippen molar-refractivity contribution in [3.05, 3.63) is 24.3 Å². The molecule has 2 aliphatic heterocycles. The van der Waals surface area contributed by atoms with Crippen LogP contribution in [0.2, 0.25) is 0 Å². The average molecular weight is 545 g/mol. The largest absolute Gasteiger partial charge is 0.497 e. The molecule has 1 aromatic carbocycles. The summed E-state index contributed by atoms with van der Waals surface area (Å²) in [6.07, 6.45) is 0.916. The molecule has 0 aromatic heterocycles. The summed E-state index contributed by atoms with van der Waals surface area (Å²) >= 11 is 0. The predicted octanol–water partition coefficient (Wildman–Crippen LogP) is 2.88. The highest BCUT2D eigenvalue weighted by molar-refractivity contribution is 14.0. The van der Waals surface area contributed by atoms with Crippen LogP contribution in [0.3, 0.4) is 0 Å². The molecule has 0 aliphatic carbocycles. The lowest BCUT2D eigenvalue weighted by Gasteiger charge is -2.36. The molecule has 0 spiro atoms. The number of rotatable bonds is 6. The lowest BCUT2D eigenvalue weighted by molar-refractivity contribution is 0.0914. The number of carbonyl (C=O) groups excluding carboxylic acids is 1. The van der Waals surface area contributed by atoms with Crippen LogP contribution in [0.4, 0.5) is 10.5 Å². The van der Waals surface area contributed by atoms with Crippen LogP contribution in [-0.4, -0.2) is 87.9 Å². The van der Waals surface area contributed by atoms with Crippen LogP contribution in [0, 0.1) is 5.92 Å². The third-order valence-electron chi connectivity index (χ3n) is 5.64. The number of hydrogen-bond acceptors (Lipinski definition) is 5. The minimum absolute atomic E-state index is 0. The van der Waals surface area contributed by atoms with Crippen LogP contribution in [0.25, 0.3) is 0 Å². The lowest BCUT2D eigenvalue weighted by atomic mass is 10.1. The molecule has 1 N–H and O–H groups in total. The van der Waals surface area contributed by atoms with E-state index in [-0.39, 0.29) is 30.1 Å². The van der Waals surface area contributed by atoms with Crippen molar-refractivity contribution in [3.63, 3.8) is 0 Å². The monoisotopic (exact) mass is 545 g/mol. The molecule has 2 fully saturated rings. The average Bonchev–Trinajstić information content (AvgIpc) is 3.26. The summed E-state index contributed by atoms with van der Waals surface area (Å²) in [5.74, 6) is 2.37. The first-order valence-corrected chi connectivity index (χ1v) is 11.0. The van der Waals surface area contributed by atoms with Crippen LogP contribution in [0.15, 0.2) is 29.3 Å². The van der Waals surface area contributed by atoms with E-state index in [1.54, 1.807) is 12.0 Å². The van der Waals surface area contributed by atoms with Gasteiger partial charge in [0.05, 0.1) is 13.7 Å². The molecule has 174 valence electrons. The Labute approximate surface area is 203 Å². The maximum atomic E-state index is 11.9. The number of nitrogens with zero attached hydrogens (tertiary/aromatic N) is 4. The number of benzene rings is 1. The first kappa shape index (κ1) is 25.4. The highest BCUT2D eigenvalue weighted by Crippen LogP contribution is 2.27. The number of amides is 1. The SMILES string of the molecule is CCNC(=NCC1CCN(c2cccc(OC)c2)C1)N1CCN(C(=O)OCC)CC1.I. The van der Waals surface area contributed by atoms with Crippen molar-refractivity contribution in [1.29, 1.82) is 0 Å². The second-order valence-electron chi connectivity index (χ2n) is 7.67. The third kappa shape index (κ3) is 7.05. The van der Waals surface area contributed by atoms with Gasteiger partial charge in [0.2, 0.25) is 0 Å². The molecular formula is C22H36IN5O3. The number of guanidine groups is 1. The van der Waals surface area contributed by atoms with Gasteiger partial charge in [-0.05, 0) is 38.3 Å². The number of nitrogens with one attached hydrogen (secondary N) is 1. The van der Waals surface area contributed by atoms with Crippen molar-refractivity contribution < 1.29 is 14.3 Å². The Morgan fingerprint density at radius 2 is 1.90 bits per heavy atom. The Balaban J connectivity index is 0.00000341. The second-order valence-corrected chi connectivity index (χ2v) is 7.67. The summed E-state index contributed by atoms with van der Waals surface area (Å²) in [7, 11) is 1.70. The van der Waals surface area contributed by atoms with Gasteiger partial charge in [0, 0.05) is 64.1 Å². The summed E-state index contributed by atoms with van der Waals surface area (Å²) < 4.78 is 10.5. The zero-order valence-corrected chi connectivity index (χ0v) is 21.2. The smallest absolute Gasteiger partial charge is 0.409 e. The molecule has 0 saturated carbocycles. The summed E-state index contributed by atoms with van der Waals surface area (Å²) in [5.41, 5.74) is 1.21. The molecule has 0 radical (unpaired) electrons. The second kappa shape index (κ2) is 12.8. The van der Waals surface area contributed by atoms with Gasteiger partial charge in [0.25, 0.3) is 0 Å². The Hall–Kier alpha value is -1.91. The number of halogens is 1. The number of ether oxygens (including phenoxy) is 2. The van der Waals surface area contributed by atoms with Crippen LogP contribution in [0.5, 0.6) is 5.75 Å². The van der Waals surface area contributed by atoms with Crippen LogP contribution < -0.4 is 15.0 Å². The standard InChI is InChI=1S/C22H35N5O3.HI/c1-4-23-21(25-11-13-26(14-12-25)22(28)30-5-2)24-16-18-9-10-27(17-18)19-7-6-8-20(15-19)29-3;/h6-8,15,18H,4-5,9-14,16-17H2,1-3H3,(H,23,24);1H. The van der Waals surface area contributed by atoms with Crippen molar-refractivity contribution in [2.45, 2.75) is 20.3 Å². The first-order chi connectivity index (χ1) is 14.6. The molecule has 1 atom stereocenters. The maximum Gasteiger partial charge on any atom is 0.409 e. The summed E-state index contributed by atoms with van der Waals surface area (Å²) in [6.45, 7) is 10.9. The van der Waals surface area contributed by atoms with Crippen molar-refractivity contribution in [3.8, 4) is 5.75 Å². The van der Waals surface area contributed by atoms with Crippen molar-refractivity contribution in [1.82, 2.24) is 15.1 Å². The molecule has 1 unspecified atom stereocenters. The quantitative estimate of drug-likeness (QED) is 0.337. The van der Waals surface area contributed by atoms with Crippen LogP contribution in [-0.2, 0) is 4.74 Å². The number of aliphatic imine (C=N–C) groups is 1. The summed E-state index contributed by atoms with van der Waals surface area (Å²) in [5, 5.41) is 3.41. The molecule has 8 nitrogen and oxygen atoms in total. The molecule has 2 aliphatic rings. The molecule has 1 amide bonds. The van der Waals surface area contributed by atoms with E-state index in [2.05, 4.69) is 34.2 Å². The maximum absolute atomic E-state index is 11.9. The van der Waals surface area contributed by atoms with Crippen LogP contribution >= 0.6 is 24.0 Å². The normalized spacial score (nSPS) is 19.1. The Morgan fingerprint density at radius 3 is 2.58 bits per heavy atom. The van der Waals surface area contributed by atoms with E-state index in [1.165, 1.54) is 5.69 Å². The minimum Gasteiger partial charge on any atom is -0.497 e. The Bertz CT molecular complexity index is 725. The van der Waals surface area contributed by atoms with Gasteiger partial charge in [-0.25, -0.2) is 4.79 Å². The third-order valence-corrected chi connectivity index (χ3v) is 5.64. The number of carbonyl (C=O) groups is 1. The zero-order valence-electron chi connectivity index (χ0n) is 18.9. The number of hydrogen-bond donors (Lipinski definition) is 1. The fourth-order valence-electron chi connectivity index (χ4n) is 3.98. The Morgan fingerprint density at radius 1 is 1.16 bits per heavy atom. The van der Waals surface area contributed by atoms with E-state index in [1.807, 2.05) is 19.1 Å². The van der Waals surface area contributed by atoms with Gasteiger partial charge >= 0.3 is 6.09 Å². The van der Waals surface area contributed by atoms with Gasteiger partial charge in [0.15, 0.2) is 5.96 Å². The highest BCUT2D eigenvalue weighted by atomic mass is 127. The van der Waals surface area contributed by atoms with Crippen LogP contribution in [0.1, 0.15) is 20.3 Å². The molecule has 3 rings (SSSR count). The fraction of sp³-hybridized carbons (Fsp3) is 0.636. The summed E-state index contributed by atoms with van der Waals surface area (Å²) in [4.78, 5) is 23.3. The van der Waals surface area contributed by atoms with E-state index in [4.69, 9.17) is 14.5 Å². The molecule has 1 aromatic rings. The van der Waals surface area contributed by atoms with Gasteiger partial charge in [-0.1, -0.05) is 6.07 Å². The Kier molecular flexibility index (Phi) is 10.5. The predicted molar refractivity (Wildman–Crippen MR) is 135 cm³/mol. The van der Waals surface area contributed by atoms with Crippen molar-refractivity contribution >= 4 is 41.7 Å². The van der Waals surface area contributed by atoms with E-state index in [0.717, 1.165) is 57.4 Å². The minimum atomic E-state index is -0.220. The number of methoxy groups -OCH3 is 1. The van der Waals surface area contributed by atoms with E-state index < -0.39 is 0 Å². The van der Waals surface area contributed by atoms with E-state index >= 15 is 0 Å². The molecular weight excluding hydrogens is 509 g/mol. The highest BCUT2D eigenvalue weighted by Gasteiger charge is 2.26. The number of piperazine rings is 1. The zero-order chi connectivity index (χ0) is 21.3. The lowest BCUT2D eigenvalue weighted by Crippen LogP contribution is -2.54. The molecule has 31 heavy (non-hydrogen) atoms. The van der Waals surface area contributed by atoms with Crippen molar-refractivity contribution in [2.75, 3.05) is 71.0 Å². The van der Waals surface area contributed by atoms with E-state index in [9.17, 15) is 4.79 Å². The van der Waals surface area contributed by atoms with Gasteiger partial charge in [0.1, 0.15) is 5.75 Å². The van der Waals surface area contributed by atoms with Gasteiger partial charge in [-0.3, -0.25) is 4.99 Å².